The Kier molecular flexibility index (Phi) is 12.7. The van der Waals surface area contributed by atoms with Crippen molar-refractivity contribution in [2.24, 2.45) is 0 Å². The second-order valence-electron chi connectivity index (χ2n) is 11.6. The molecule has 0 fully saturated rings. The average molecular weight is 662 g/mol. The van der Waals surface area contributed by atoms with E-state index in [1.54, 1.807) is 7.05 Å². The Morgan fingerprint density at radius 2 is 1.85 bits per heavy atom. The molecule has 0 radical (unpaired) electrons. The summed E-state index contributed by atoms with van der Waals surface area (Å²) in [4.78, 5) is 62.6. The number of nitrogens with zero attached hydrogens (tertiary/aromatic N) is 4. The number of anilines is 1. The molecule has 48 heavy (non-hydrogen) atoms. The summed E-state index contributed by atoms with van der Waals surface area (Å²) in [6.07, 6.45) is 3.14. The van der Waals surface area contributed by atoms with Crippen LogP contribution in [0.1, 0.15) is 48.4 Å². The highest BCUT2D eigenvalue weighted by Crippen LogP contribution is 2.20. The average Bonchev–Trinajstić information content (AvgIpc) is 3.39. The van der Waals surface area contributed by atoms with Gasteiger partial charge < -0.3 is 30.6 Å². The van der Waals surface area contributed by atoms with Crippen molar-refractivity contribution in [1.29, 1.82) is 0 Å². The lowest BCUT2D eigenvalue weighted by Gasteiger charge is -2.24. The first-order valence-electron chi connectivity index (χ1n) is 15.9. The molecule has 4 aromatic rings. The van der Waals surface area contributed by atoms with Crippen molar-refractivity contribution < 1.29 is 29.0 Å². The van der Waals surface area contributed by atoms with Crippen molar-refractivity contribution in [2.45, 2.75) is 64.6 Å². The zero-order valence-corrected chi connectivity index (χ0v) is 27.5. The number of hydrogen-bond acceptors (Lipinski definition) is 10. The summed E-state index contributed by atoms with van der Waals surface area (Å²) in [6.45, 7) is 2.88. The first-order chi connectivity index (χ1) is 23.1. The van der Waals surface area contributed by atoms with Crippen LogP contribution >= 0.6 is 0 Å². The molecule has 0 aliphatic heterocycles. The number of esters is 1. The van der Waals surface area contributed by atoms with Gasteiger partial charge in [-0.05, 0) is 55.0 Å². The molecule has 0 spiro atoms. The summed E-state index contributed by atoms with van der Waals surface area (Å²) < 4.78 is 12.0. The number of methoxy groups -OCH3 is 1. The lowest BCUT2D eigenvalue weighted by Crippen LogP contribution is -2.45. The Morgan fingerprint density at radius 1 is 1.08 bits per heavy atom. The van der Waals surface area contributed by atoms with Gasteiger partial charge in [0, 0.05) is 13.1 Å². The van der Waals surface area contributed by atoms with Crippen molar-refractivity contribution in [3.8, 4) is 6.01 Å². The van der Waals surface area contributed by atoms with Crippen molar-refractivity contribution in [2.75, 3.05) is 33.0 Å². The quantitative estimate of drug-likeness (QED) is 0.0904. The van der Waals surface area contributed by atoms with Crippen molar-refractivity contribution in [1.82, 2.24) is 29.7 Å². The Balaban J connectivity index is 1.42. The van der Waals surface area contributed by atoms with Crippen LogP contribution in [-0.2, 0) is 51.5 Å². The maximum Gasteiger partial charge on any atom is 0.327 e. The molecule has 2 aromatic heterocycles. The molecule has 256 valence electrons. The van der Waals surface area contributed by atoms with E-state index in [9.17, 15) is 24.3 Å². The predicted octanol–water partition coefficient (Wildman–Crippen LogP) is 2.47. The van der Waals surface area contributed by atoms with E-state index in [0.29, 0.717) is 37.2 Å². The number of aryl methyl sites for hydroxylation is 2. The van der Waals surface area contributed by atoms with E-state index in [-0.39, 0.29) is 55.3 Å². The zero-order chi connectivity index (χ0) is 34.6. The molecule has 0 saturated heterocycles. The number of rotatable bonds is 18. The highest BCUT2D eigenvalue weighted by atomic mass is 16.5. The maximum atomic E-state index is 12.8. The van der Waals surface area contributed by atoms with Gasteiger partial charge in [-0.2, -0.15) is 9.97 Å². The van der Waals surface area contributed by atoms with Gasteiger partial charge in [0.2, 0.25) is 5.91 Å². The highest BCUT2D eigenvalue weighted by molar-refractivity contribution is 5.82. The Labute approximate surface area is 278 Å². The van der Waals surface area contributed by atoms with E-state index in [4.69, 9.17) is 15.2 Å². The fourth-order valence-electron chi connectivity index (χ4n) is 5.32. The van der Waals surface area contributed by atoms with Crippen LogP contribution in [0.15, 0.2) is 53.3 Å². The van der Waals surface area contributed by atoms with Gasteiger partial charge in [0.25, 0.3) is 0 Å². The van der Waals surface area contributed by atoms with Crippen LogP contribution in [0.3, 0.4) is 0 Å². The summed E-state index contributed by atoms with van der Waals surface area (Å²) in [7, 11) is 2.94. The molecule has 1 amide bonds. The van der Waals surface area contributed by atoms with Crippen LogP contribution in [0.25, 0.3) is 11.2 Å². The number of unbranched alkanes of at least 4 members (excludes halogenated alkanes) is 1. The summed E-state index contributed by atoms with van der Waals surface area (Å²) >= 11 is 0. The number of hydrogen-bond donors (Lipinski definition) is 4. The second-order valence-corrected chi connectivity index (χ2v) is 11.6. The first kappa shape index (κ1) is 35.6. The van der Waals surface area contributed by atoms with Gasteiger partial charge in [0.15, 0.2) is 11.5 Å². The number of nitrogens with two attached hydrogens (primary N) is 1. The minimum atomic E-state index is -1.01. The number of aromatic amines is 1. The number of aliphatic carboxylic acids is 1. The third kappa shape index (κ3) is 9.64. The Bertz CT molecular complexity index is 1770. The zero-order valence-electron chi connectivity index (χ0n) is 27.5. The van der Waals surface area contributed by atoms with Gasteiger partial charge in [-0.1, -0.05) is 61.9 Å². The van der Waals surface area contributed by atoms with Crippen molar-refractivity contribution >= 4 is 34.8 Å². The fourth-order valence-corrected chi connectivity index (χ4v) is 5.32. The summed E-state index contributed by atoms with van der Waals surface area (Å²) in [5.41, 5.74) is 9.69. The van der Waals surface area contributed by atoms with Gasteiger partial charge in [0.1, 0.15) is 11.6 Å². The lowest BCUT2D eigenvalue weighted by molar-refractivity contribution is -0.143. The standard InChI is InChI=1S/C34H43N7O7/c1-4-5-16-48-33-38-30(35)29-31(39-33)41(34(46)37-29)15-9-12-24-17-23(13-14-25(24)19-28(43)47-3)20-36-27(42)21-40(2)26(32(44)45)18-22-10-7-6-8-11-22/h6-8,10-11,13-14,17,26H,4-5,9,12,15-16,18-21H2,1-3H3,(H,36,42)(H,37,46)(H,44,45)(H2,35,38,39)/t26-/m0/s1. The molecule has 4 rings (SSSR count). The number of amides is 1. The molecule has 14 nitrogen and oxygen atoms in total. The number of aromatic nitrogens is 4. The molecular weight excluding hydrogens is 618 g/mol. The normalized spacial score (nSPS) is 11.8. The third-order valence-electron chi connectivity index (χ3n) is 7.99. The van der Waals surface area contributed by atoms with Gasteiger partial charge >= 0.3 is 23.6 Å². The number of fused-ring (bicyclic) bond motifs is 1. The van der Waals surface area contributed by atoms with Crippen LogP contribution in [0.4, 0.5) is 5.82 Å². The SMILES string of the molecule is CCCCOc1nc(N)c2[nH]c(=O)n(CCCc3cc(CNC(=O)CN(C)[C@@H](Cc4ccccc4)C(=O)O)ccc3CC(=O)OC)c2n1. The van der Waals surface area contributed by atoms with Crippen LogP contribution in [0.2, 0.25) is 0 Å². The highest BCUT2D eigenvalue weighted by Gasteiger charge is 2.24. The van der Waals surface area contributed by atoms with Gasteiger partial charge in [-0.15, -0.1) is 0 Å². The number of imidazole rings is 1. The number of nitrogen functional groups attached to an aromatic ring is 1. The summed E-state index contributed by atoms with van der Waals surface area (Å²) in [5.74, 6) is -1.60. The third-order valence-corrected chi connectivity index (χ3v) is 7.99. The molecule has 1 atom stereocenters. The second kappa shape index (κ2) is 17.1. The van der Waals surface area contributed by atoms with Crippen molar-refractivity contribution in [3.63, 3.8) is 0 Å². The van der Waals surface area contributed by atoms with E-state index in [1.165, 1.54) is 16.6 Å². The molecule has 2 heterocycles. The molecule has 0 aliphatic rings. The van der Waals surface area contributed by atoms with Crippen LogP contribution < -0.4 is 21.5 Å². The molecule has 14 heteroatoms. The number of H-pyrrole nitrogens is 1. The first-order valence-corrected chi connectivity index (χ1v) is 15.9. The van der Waals surface area contributed by atoms with Crippen molar-refractivity contribution in [3.05, 3.63) is 81.3 Å². The molecule has 2 aromatic carbocycles. The van der Waals surface area contributed by atoms with Crippen LogP contribution in [0, 0.1) is 0 Å². The number of carbonyl (C=O) groups is 3. The number of ether oxygens (including phenoxy) is 2. The monoisotopic (exact) mass is 661 g/mol. The molecule has 0 aliphatic carbocycles. The van der Waals surface area contributed by atoms with Crippen LogP contribution in [-0.4, -0.2) is 80.7 Å². The Hall–Kier alpha value is -5.24. The largest absolute Gasteiger partial charge is 0.480 e. The van der Waals surface area contributed by atoms with E-state index >= 15 is 0 Å². The number of carbonyl (C=O) groups excluding carboxylic acids is 2. The number of benzene rings is 2. The van der Waals surface area contributed by atoms with E-state index < -0.39 is 12.0 Å². The minimum absolute atomic E-state index is 0.0660. The molecule has 0 saturated carbocycles. The van der Waals surface area contributed by atoms with E-state index in [0.717, 1.165) is 35.1 Å². The molecule has 0 unspecified atom stereocenters. The lowest BCUT2D eigenvalue weighted by atomic mass is 9.97. The number of carboxylic acids is 1. The molecule has 5 N–H and O–H groups in total. The fraction of sp³-hybridized carbons (Fsp3) is 0.412. The van der Waals surface area contributed by atoms with Gasteiger partial charge in [0.05, 0.1) is 26.7 Å². The Morgan fingerprint density at radius 3 is 2.56 bits per heavy atom. The van der Waals surface area contributed by atoms with Crippen LogP contribution in [0.5, 0.6) is 6.01 Å². The van der Waals surface area contributed by atoms with E-state index in [1.807, 2.05) is 55.5 Å². The maximum absolute atomic E-state index is 12.8. The smallest absolute Gasteiger partial charge is 0.327 e. The summed E-state index contributed by atoms with van der Waals surface area (Å²) in [5, 5.41) is 12.6. The molecule has 0 bridgehead atoms. The topological polar surface area (TPSA) is 195 Å². The predicted molar refractivity (Wildman–Crippen MR) is 179 cm³/mol. The summed E-state index contributed by atoms with van der Waals surface area (Å²) in [6, 6.07) is 14.1. The van der Waals surface area contributed by atoms with E-state index in [2.05, 4.69) is 20.3 Å². The van der Waals surface area contributed by atoms with Gasteiger partial charge in [-0.3, -0.25) is 23.9 Å². The number of carboxylic acid groups (broad SMARTS) is 1. The van der Waals surface area contributed by atoms with Gasteiger partial charge in [-0.25, -0.2) is 4.79 Å². The minimum Gasteiger partial charge on any atom is -0.480 e. The number of nitrogens with one attached hydrogen (secondary N) is 2. The number of likely N-dealkylation sites (N-methyl/N-ethyl adjacent to an activating group) is 1. The molecular formula is C34H43N7O7.